The molecule has 0 aromatic carbocycles. The second-order valence-electron chi connectivity index (χ2n) is 0.772. The van der Waals surface area contributed by atoms with E-state index in [1.54, 1.807) is 6.08 Å². The van der Waals surface area contributed by atoms with Crippen molar-refractivity contribution in [3.63, 3.8) is 0 Å². The van der Waals surface area contributed by atoms with Gasteiger partial charge in [-0.15, -0.1) is 6.58 Å². The summed E-state index contributed by atoms with van der Waals surface area (Å²) in [4.78, 5) is 0. The Kier molecular flexibility index (Phi) is 4.33. The molecule has 36 valence electrons. The van der Waals surface area contributed by atoms with Crippen molar-refractivity contribution in [3.8, 4) is 0 Å². The van der Waals surface area contributed by atoms with Crippen LogP contribution in [0.4, 0.5) is 0 Å². The van der Waals surface area contributed by atoms with Crippen molar-refractivity contribution in [2.75, 3.05) is 6.54 Å². The Hall–Kier alpha value is -0.380. The SMILES string of the molecule is C=CCNN[O-]. The highest BCUT2D eigenvalue weighted by atomic mass is 16.5. The van der Waals surface area contributed by atoms with Crippen LogP contribution < -0.4 is 11.0 Å². The lowest BCUT2D eigenvalue weighted by Gasteiger charge is -2.04. The molecular formula is C3H7N2O-. The van der Waals surface area contributed by atoms with Gasteiger partial charge >= 0.3 is 0 Å². The first-order valence-corrected chi connectivity index (χ1v) is 1.62. The van der Waals surface area contributed by atoms with Crippen LogP contribution in [-0.4, -0.2) is 6.54 Å². The van der Waals surface area contributed by atoms with E-state index in [-0.39, 0.29) is 0 Å². The van der Waals surface area contributed by atoms with Crippen LogP contribution in [0.2, 0.25) is 0 Å². The quantitative estimate of drug-likeness (QED) is 0.284. The summed E-state index contributed by atoms with van der Waals surface area (Å²) in [6, 6.07) is 0. The molecule has 3 heteroatoms. The molecule has 0 aliphatic carbocycles. The van der Waals surface area contributed by atoms with E-state index in [1.165, 1.54) is 5.59 Å². The van der Waals surface area contributed by atoms with Crippen molar-refractivity contribution >= 4 is 0 Å². The average Bonchev–Trinajstić information content (AvgIpc) is 1.61. The molecular weight excluding hydrogens is 80.0 g/mol. The first kappa shape index (κ1) is 5.62. The van der Waals surface area contributed by atoms with Crippen LogP contribution >= 0.6 is 0 Å². The summed E-state index contributed by atoms with van der Waals surface area (Å²) in [7, 11) is 0. The van der Waals surface area contributed by atoms with Gasteiger partial charge in [-0.1, -0.05) is 6.08 Å². The number of nitrogens with one attached hydrogen (secondary N) is 2. The van der Waals surface area contributed by atoms with Crippen LogP contribution in [-0.2, 0) is 0 Å². The summed E-state index contributed by atoms with van der Waals surface area (Å²) in [5.41, 5.74) is 3.77. The van der Waals surface area contributed by atoms with E-state index in [0.29, 0.717) is 6.54 Å². The molecule has 0 bridgehead atoms. The molecule has 0 fully saturated rings. The summed E-state index contributed by atoms with van der Waals surface area (Å²) in [5, 5.41) is 9.28. The normalized spacial score (nSPS) is 8.17. The predicted octanol–water partition coefficient (Wildman–Crippen LogP) is -0.236. The minimum atomic E-state index is 0.503. The molecule has 0 heterocycles. The third-order valence-corrected chi connectivity index (χ3v) is 0.319. The van der Waals surface area contributed by atoms with E-state index in [2.05, 4.69) is 12.0 Å². The van der Waals surface area contributed by atoms with Crippen LogP contribution in [0.1, 0.15) is 0 Å². The van der Waals surface area contributed by atoms with Crippen LogP contribution in [0.25, 0.3) is 0 Å². The maximum absolute atomic E-state index is 9.28. The Morgan fingerprint density at radius 2 is 2.50 bits per heavy atom. The van der Waals surface area contributed by atoms with Crippen molar-refractivity contribution in [2.24, 2.45) is 0 Å². The summed E-state index contributed by atoms with van der Waals surface area (Å²) in [5.74, 6) is 0. The molecule has 0 aliphatic heterocycles. The molecule has 0 rings (SSSR count). The number of hydrazine groups is 1. The molecule has 0 spiro atoms. The Labute approximate surface area is 36.6 Å². The number of hydrogen-bond acceptors (Lipinski definition) is 3. The first-order valence-electron chi connectivity index (χ1n) is 1.62. The third-order valence-electron chi connectivity index (χ3n) is 0.319. The minimum absolute atomic E-state index is 0.503. The highest BCUT2D eigenvalue weighted by Gasteiger charge is 1.59. The zero-order valence-electron chi connectivity index (χ0n) is 3.40. The van der Waals surface area contributed by atoms with E-state index in [4.69, 9.17) is 0 Å². The molecule has 0 aliphatic rings. The molecule has 0 amide bonds. The van der Waals surface area contributed by atoms with Gasteiger partial charge in [-0.05, 0) is 0 Å². The Balaban J connectivity index is 2.49. The summed E-state index contributed by atoms with van der Waals surface area (Å²) in [6.07, 6.45) is 1.59. The molecule has 0 atom stereocenters. The molecule has 2 N–H and O–H groups in total. The average molecular weight is 87.1 g/mol. The fourth-order valence-electron chi connectivity index (χ4n) is 0.114. The second kappa shape index (κ2) is 4.62. The molecule has 0 unspecified atom stereocenters. The standard InChI is InChI=1S/C3H7N2O/c1-2-3-4-5-6/h2,4-5H,1,3H2/q-1. The third kappa shape index (κ3) is 3.62. The summed E-state index contributed by atoms with van der Waals surface area (Å²) in [6.45, 7) is 3.86. The van der Waals surface area contributed by atoms with E-state index >= 15 is 0 Å². The van der Waals surface area contributed by atoms with Crippen molar-refractivity contribution in [2.45, 2.75) is 0 Å². The lowest BCUT2D eigenvalue weighted by molar-refractivity contribution is 0.686. The largest absolute Gasteiger partial charge is 0.774 e. The minimum Gasteiger partial charge on any atom is -0.774 e. The van der Waals surface area contributed by atoms with E-state index in [0.717, 1.165) is 0 Å². The van der Waals surface area contributed by atoms with Crippen LogP contribution in [0.3, 0.4) is 0 Å². The van der Waals surface area contributed by atoms with Crippen molar-refractivity contribution < 1.29 is 0 Å². The molecule has 6 heavy (non-hydrogen) atoms. The van der Waals surface area contributed by atoms with Crippen molar-refractivity contribution in [1.82, 2.24) is 11.0 Å². The molecule has 0 saturated heterocycles. The van der Waals surface area contributed by atoms with Gasteiger partial charge in [0.15, 0.2) is 0 Å². The number of hydrogen-bond donors (Lipinski definition) is 2. The van der Waals surface area contributed by atoms with E-state index in [9.17, 15) is 5.21 Å². The second-order valence-corrected chi connectivity index (χ2v) is 0.772. The first-order chi connectivity index (χ1) is 2.91. The maximum Gasteiger partial charge on any atom is 0.0268 e. The highest BCUT2D eigenvalue weighted by molar-refractivity contribution is 4.67. The molecule has 0 radical (unpaired) electrons. The van der Waals surface area contributed by atoms with Crippen LogP contribution in [0.5, 0.6) is 0 Å². The maximum atomic E-state index is 9.28. The van der Waals surface area contributed by atoms with E-state index < -0.39 is 0 Å². The van der Waals surface area contributed by atoms with Crippen molar-refractivity contribution in [1.29, 1.82) is 0 Å². The Bertz CT molecular complexity index is 37.8. The van der Waals surface area contributed by atoms with Gasteiger partial charge in [0.25, 0.3) is 0 Å². The molecule has 3 nitrogen and oxygen atoms in total. The lowest BCUT2D eigenvalue weighted by atomic mass is 10.7. The van der Waals surface area contributed by atoms with Gasteiger partial charge in [-0.3, -0.25) is 5.43 Å². The van der Waals surface area contributed by atoms with Gasteiger partial charge in [0, 0.05) is 6.54 Å². The molecule has 0 aromatic rings. The Morgan fingerprint density at radius 1 is 1.83 bits per heavy atom. The highest BCUT2D eigenvalue weighted by Crippen LogP contribution is 1.49. The van der Waals surface area contributed by atoms with Gasteiger partial charge < -0.3 is 10.8 Å². The lowest BCUT2D eigenvalue weighted by Crippen LogP contribution is -2.25. The molecule has 0 saturated carbocycles. The predicted molar refractivity (Wildman–Crippen MR) is 24.7 cm³/mol. The topological polar surface area (TPSA) is 47.1 Å². The monoisotopic (exact) mass is 87.1 g/mol. The number of rotatable bonds is 3. The van der Waals surface area contributed by atoms with Gasteiger partial charge in [0.05, 0.1) is 0 Å². The fraction of sp³-hybridized carbons (Fsp3) is 0.333. The van der Waals surface area contributed by atoms with Gasteiger partial charge in [0.2, 0.25) is 0 Å². The van der Waals surface area contributed by atoms with Crippen molar-refractivity contribution in [3.05, 3.63) is 17.9 Å². The van der Waals surface area contributed by atoms with Crippen LogP contribution in [0.15, 0.2) is 12.7 Å². The van der Waals surface area contributed by atoms with E-state index in [1.807, 2.05) is 0 Å². The Morgan fingerprint density at radius 3 is 2.67 bits per heavy atom. The van der Waals surface area contributed by atoms with Gasteiger partial charge in [0.1, 0.15) is 0 Å². The van der Waals surface area contributed by atoms with Gasteiger partial charge in [-0.25, -0.2) is 0 Å². The zero-order valence-corrected chi connectivity index (χ0v) is 3.40. The fourth-order valence-corrected chi connectivity index (χ4v) is 0.114. The summed E-state index contributed by atoms with van der Waals surface area (Å²) < 4.78 is 0. The molecule has 0 aromatic heterocycles. The zero-order chi connectivity index (χ0) is 4.83. The van der Waals surface area contributed by atoms with Crippen LogP contribution in [0, 0.1) is 5.21 Å². The summed E-state index contributed by atoms with van der Waals surface area (Å²) >= 11 is 0. The van der Waals surface area contributed by atoms with Gasteiger partial charge in [-0.2, -0.15) is 0 Å². The smallest absolute Gasteiger partial charge is 0.0268 e.